The quantitative estimate of drug-likeness (QED) is 0.323. The van der Waals surface area contributed by atoms with Gasteiger partial charge in [0.25, 0.3) is 5.91 Å². The van der Waals surface area contributed by atoms with E-state index in [-0.39, 0.29) is 11.7 Å². The average Bonchev–Trinajstić information content (AvgIpc) is 3.57. The van der Waals surface area contributed by atoms with E-state index >= 15 is 0 Å². The lowest BCUT2D eigenvalue weighted by molar-refractivity contribution is 0.0659. The number of fused-ring (bicyclic) bond motifs is 1. The summed E-state index contributed by atoms with van der Waals surface area (Å²) < 4.78 is 29.1. The Bertz CT molecular complexity index is 1530. The van der Waals surface area contributed by atoms with Crippen molar-refractivity contribution < 1.29 is 13.6 Å². The molecule has 6 rings (SSSR count). The smallest absolute Gasteiger partial charge is 0.254 e. The van der Waals surface area contributed by atoms with Crippen LogP contribution >= 0.6 is 11.3 Å². The van der Waals surface area contributed by atoms with E-state index in [9.17, 15) is 13.6 Å². The third-order valence-electron chi connectivity index (χ3n) is 6.19. The van der Waals surface area contributed by atoms with Gasteiger partial charge in [-0.15, -0.1) is 21.5 Å². The minimum Gasteiger partial charge on any atom is -0.322 e. The van der Waals surface area contributed by atoms with Gasteiger partial charge in [-0.25, -0.2) is 13.8 Å². The lowest BCUT2D eigenvalue weighted by Gasteiger charge is -2.36. The molecule has 3 aromatic carbocycles. The van der Waals surface area contributed by atoms with Crippen LogP contribution in [0.5, 0.6) is 0 Å². The number of hydrogen-bond donors (Lipinski definition) is 0. The van der Waals surface area contributed by atoms with E-state index in [0.717, 1.165) is 10.6 Å². The standard InChI is InChI=1S/C27H19F2N5OS/c28-20-10-6-17(7-11-20)23-25-32-31-24(22-16-36-26(30-22)18-4-2-1-3-5-18)34(25)15-14-33(23)27(35)19-8-12-21(29)13-9-19/h1-13,16,23H,14-15H2. The van der Waals surface area contributed by atoms with Gasteiger partial charge in [-0.3, -0.25) is 4.79 Å². The third kappa shape index (κ3) is 3.97. The summed E-state index contributed by atoms with van der Waals surface area (Å²) in [5.41, 5.74) is 2.79. The number of rotatable bonds is 4. The molecular formula is C27H19F2N5OS. The summed E-state index contributed by atoms with van der Waals surface area (Å²) in [6.07, 6.45) is 0. The molecule has 1 aliphatic heterocycles. The van der Waals surface area contributed by atoms with E-state index in [1.165, 1.54) is 47.7 Å². The van der Waals surface area contributed by atoms with Crippen LogP contribution in [0.3, 0.4) is 0 Å². The second-order valence-electron chi connectivity index (χ2n) is 8.40. The highest BCUT2D eigenvalue weighted by Crippen LogP contribution is 2.36. The third-order valence-corrected chi connectivity index (χ3v) is 7.08. The van der Waals surface area contributed by atoms with Crippen molar-refractivity contribution in [3.8, 4) is 22.1 Å². The molecular weight excluding hydrogens is 480 g/mol. The van der Waals surface area contributed by atoms with Gasteiger partial charge in [0.2, 0.25) is 0 Å². The van der Waals surface area contributed by atoms with Gasteiger partial charge in [0.05, 0.1) is 0 Å². The summed E-state index contributed by atoms with van der Waals surface area (Å²) >= 11 is 1.53. The number of carbonyl (C=O) groups excluding carboxylic acids is 1. The van der Waals surface area contributed by atoms with Crippen LogP contribution in [0.1, 0.15) is 27.8 Å². The number of carbonyl (C=O) groups is 1. The molecule has 5 aromatic rings. The van der Waals surface area contributed by atoms with Crippen molar-refractivity contribution in [3.63, 3.8) is 0 Å². The van der Waals surface area contributed by atoms with Crippen LogP contribution in [0.25, 0.3) is 22.1 Å². The van der Waals surface area contributed by atoms with E-state index < -0.39 is 11.9 Å². The minimum absolute atomic E-state index is 0.264. The summed E-state index contributed by atoms with van der Waals surface area (Å²) in [7, 11) is 0. The molecule has 0 saturated heterocycles. The van der Waals surface area contributed by atoms with Crippen LogP contribution in [0, 0.1) is 11.6 Å². The van der Waals surface area contributed by atoms with Crippen molar-refractivity contribution in [1.82, 2.24) is 24.6 Å². The molecule has 2 aromatic heterocycles. The Morgan fingerprint density at radius 3 is 2.28 bits per heavy atom. The van der Waals surface area contributed by atoms with Gasteiger partial charge >= 0.3 is 0 Å². The van der Waals surface area contributed by atoms with Gasteiger partial charge < -0.3 is 9.47 Å². The average molecular weight is 500 g/mol. The zero-order valence-electron chi connectivity index (χ0n) is 18.9. The first-order valence-corrected chi connectivity index (χ1v) is 12.2. The Hall–Kier alpha value is -4.24. The van der Waals surface area contributed by atoms with Crippen LogP contribution in [-0.4, -0.2) is 37.1 Å². The first-order valence-electron chi connectivity index (χ1n) is 11.3. The van der Waals surface area contributed by atoms with Gasteiger partial charge in [-0.1, -0.05) is 42.5 Å². The van der Waals surface area contributed by atoms with Crippen molar-refractivity contribution in [2.45, 2.75) is 12.6 Å². The highest BCUT2D eigenvalue weighted by atomic mass is 32.1. The molecule has 0 N–H and O–H groups in total. The van der Waals surface area contributed by atoms with E-state index in [2.05, 4.69) is 10.2 Å². The van der Waals surface area contributed by atoms with Gasteiger partial charge in [0.1, 0.15) is 28.4 Å². The normalized spacial score (nSPS) is 15.1. The first kappa shape index (κ1) is 22.2. The van der Waals surface area contributed by atoms with Crippen molar-refractivity contribution in [2.75, 3.05) is 6.54 Å². The van der Waals surface area contributed by atoms with Crippen LogP contribution in [-0.2, 0) is 6.54 Å². The number of aromatic nitrogens is 4. The summed E-state index contributed by atoms with van der Waals surface area (Å²) in [6, 6.07) is 20.8. The van der Waals surface area contributed by atoms with Crippen molar-refractivity contribution in [1.29, 1.82) is 0 Å². The Labute approximate surface area is 209 Å². The van der Waals surface area contributed by atoms with E-state index in [1.54, 1.807) is 17.0 Å². The lowest BCUT2D eigenvalue weighted by atomic mass is 10.0. The Kier molecular flexibility index (Phi) is 5.61. The molecule has 0 aliphatic carbocycles. The zero-order valence-corrected chi connectivity index (χ0v) is 19.7. The monoisotopic (exact) mass is 499 g/mol. The fraction of sp³-hybridized carbons (Fsp3) is 0.111. The molecule has 9 heteroatoms. The summed E-state index contributed by atoms with van der Waals surface area (Å²) in [5.74, 6) is 0.129. The van der Waals surface area contributed by atoms with Crippen LogP contribution in [0.4, 0.5) is 8.78 Å². The van der Waals surface area contributed by atoms with Gasteiger partial charge in [0, 0.05) is 29.6 Å². The maximum atomic E-state index is 13.7. The largest absolute Gasteiger partial charge is 0.322 e. The van der Waals surface area contributed by atoms with E-state index in [4.69, 9.17) is 4.98 Å². The lowest BCUT2D eigenvalue weighted by Crippen LogP contribution is -2.43. The zero-order chi connectivity index (χ0) is 24.6. The highest BCUT2D eigenvalue weighted by Gasteiger charge is 2.36. The van der Waals surface area contributed by atoms with E-state index in [1.807, 2.05) is 40.3 Å². The highest BCUT2D eigenvalue weighted by molar-refractivity contribution is 7.13. The molecule has 0 spiro atoms. The van der Waals surface area contributed by atoms with Crippen LogP contribution < -0.4 is 0 Å². The first-order chi connectivity index (χ1) is 17.6. The molecule has 1 atom stereocenters. The number of hydrogen-bond acceptors (Lipinski definition) is 5. The molecule has 1 amide bonds. The Morgan fingerprint density at radius 1 is 0.861 bits per heavy atom. The minimum atomic E-state index is -0.592. The van der Waals surface area contributed by atoms with Gasteiger partial charge in [0.15, 0.2) is 11.6 Å². The SMILES string of the molecule is O=C(c1ccc(F)cc1)N1CCn2c(-c3csc(-c4ccccc4)n3)nnc2C1c1ccc(F)cc1. The van der Waals surface area contributed by atoms with Crippen molar-refractivity contribution in [2.24, 2.45) is 0 Å². The van der Waals surface area contributed by atoms with Crippen LogP contribution in [0.15, 0.2) is 84.2 Å². The molecule has 0 fully saturated rings. The number of amides is 1. The van der Waals surface area contributed by atoms with Gasteiger partial charge in [-0.2, -0.15) is 0 Å². The summed E-state index contributed by atoms with van der Waals surface area (Å²) in [5, 5.41) is 11.7. The molecule has 0 saturated carbocycles. The number of thiazole rings is 1. The molecule has 0 radical (unpaired) electrons. The molecule has 178 valence electrons. The van der Waals surface area contributed by atoms with Crippen molar-refractivity contribution in [3.05, 3.63) is 113 Å². The van der Waals surface area contributed by atoms with E-state index in [0.29, 0.717) is 41.6 Å². The predicted octanol–water partition coefficient (Wildman–Crippen LogP) is 5.59. The molecule has 3 heterocycles. The topological polar surface area (TPSA) is 63.9 Å². The Morgan fingerprint density at radius 2 is 1.56 bits per heavy atom. The molecule has 0 bridgehead atoms. The number of halogens is 2. The summed E-state index contributed by atoms with van der Waals surface area (Å²) in [6.45, 7) is 0.826. The molecule has 6 nitrogen and oxygen atoms in total. The summed E-state index contributed by atoms with van der Waals surface area (Å²) in [4.78, 5) is 19.9. The predicted molar refractivity (Wildman–Crippen MR) is 132 cm³/mol. The number of nitrogens with zero attached hydrogens (tertiary/aromatic N) is 5. The van der Waals surface area contributed by atoms with Crippen molar-refractivity contribution >= 4 is 17.2 Å². The second-order valence-corrected chi connectivity index (χ2v) is 9.25. The second kappa shape index (κ2) is 9.09. The molecule has 1 aliphatic rings. The maximum Gasteiger partial charge on any atom is 0.254 e. The number of benzene rings is 3. The molecule has 36 heavy (non-hydrogen) atoms. The fourth-order valence-electron chi connectivity index (χ4n) is 4.44. The molecule has 1 unspecified atom stereocenters. The maximum absolute atomic E-state index is 13.7. The fourth-order valence-corrected chi connectivity index (χ4v) is 5.25. The van der Waals surface area contributed by atoms with Gasteiger partial charge in [-0.05, 0) is 42.0 Å². The van der Waals surface area contributed by atoms with Crippen LogP contribution in [0.2, 0.25) is 0 Å². The Balaban J connectivity index is 1.41.